The number of nitrogens with zero attached hydrogens (tertiary/aromatic N) is 1. The van der Waals surface area contributed by atoms with Crippen molar-refractivity contribution in [3.8, 4) is 5.75 Å². The largest absolute Gasteiger partial charge is 0.440 e. The van der Waals surface area contributed by atoms with Crippen molar-refractivity contribution >= 4 is 28.4 Å². The number of benzene rings is 1. The normalized spacial score (nSPS) is 13.6. The second kappa shape index (κ2) is 8.30. The molecule has 2 aromatic rings. The number of hydrogen-bond acceptors (Lipinski definition) is 2. The van der Waals surface area contributed by atoms with Crippen LogP contribution in [0.25, 0.3) is 10.9 Å². The van der Waals surface area contributed by atoms with E-state index in [1.807, 2.05) is 13.0 Å². The van der Waals surface area contributed by atoms with E-state index < -0.39 is 11.6 Å². The number of ether oxygens (including phenoxy) is 1. The van der Waals surface area contributed by atoms with Crippen molar-refractivity contribution in [3.05, 3.63) is 52.3 Å². The predicted molar refractivity (Wildman–Crippen MR) is 99.3 cm³/mol. The first-order valence-corrected chi connectivity index (χ1v) is 8.44. The molecule has 0 aliphatic heterocycles. The van der Waals surface area contributed by atoms with Gasteiger partial charge in [-0.15, -0.1) is 0 Å². The van der Waals surface area contributed by atoms with Crippen LogP contribution in [0.4, 0.5) is 8.78 Å². The zero-order chi connectivity index (χ0) is 18.6. The maximum Gasteiger partial charge on any atom is 0.193 e. The van der Waals surface area contributed by atoms with Crippen LogP contribution in [0, 0.1) is 18.6 Å². The molecule has 25 heavy (non-hydrogen) atoms. The van der Waals surface area contributed by atoms with E-state index in [2.05, 4.69) is 16.9 Å². The third-order valence-electron chi connectivity index (χ3n) is 3.53. The summed E-state index contributed by atoms with van der Waals surface area (Å²) >= 11 is 6.07. The van der Waals surface area contributed by atoms with Crippen LogP contribution in [-0.4, -0.2) is 10.9 Å². The summed E-state index contributed by atoms with van der Waals surface area (Å²) in [6, 6.07) is 2.53. The smallest absolute Gasteiger partial charge is 0.193 e. The van der Waals surface area contributed by atoms with E-state index in [0.717, 1.165) is 24.5 Å². The van der Waals surface area contributed by atoms with Gasteiger partial charge >= 0.3 is 0 Å². The molecule has 134 valence electrons. The minimum atomic E-state index is -0.644. The number of fused-ring (bicyclic) bond motifs is 1. The number of nitrogens with one attached hydrogen (secondary N) is 1. The molecule has 1 aromatic carbocycles. The van der Waals surface area contributed by atoms with Crippen molar-refractivity contribution in [3.63, 3.8) is 0 Å². The van der Waals surface area contributed by atoms with Gasteiger partial charge in [-0.3, -0.25) is 0 Å². The summed E-state index contributed by atoms with van der Waals surface area (Å²) in [7, 11) is 0. The van der Waals surface area contributed by atoms with Gasteiger partial charge in [0.1, 0.15) is 5.16 Å². The van der Waals surface area contributed by atoms with Crippen molar-refractivity contribution in [2.75, 3.05) is 0 Å². The molecule has 0 bridgehead atoms. The number of H-pyrrole nitrogens is 1. The molecule has 1 heterocycles. The highest BCUT2D eigenvalue weighted by Gasteiger charge is 2.16. The fraction of sp³-hybridized carbons (Fsp3) is 0.316. The van der Waals surface area contributed by atoms with Gasteiger partial charge in [0, 0.05) is 24.1 Å². The van der Waals surface area contributed by atoms with E-state index in [0.29, 0.717) is 5.69 Å². The van der Waals surface area contributed by atoms with E-state index in [4.69, 9.17) is 16.3 Å². The summed E-state index contributed by atoms with van der Waals surface area (Å²) in [5.74, 6) is -1.34. The Kier molecular flexibility index (Phi) is 6.37. The molecular weight excluding hydrogens is 346 g/mol. The number of aromatic nitrogens is 1. The topological polar surface area (TPSA) is 37.4 Å². The zero-order valence-electron chi connectivity index (χ0n) is 14.7. The lowest BCUT2D eigenvalue weighted by atomic mass is 10.2. The van der Waals surface area contributed by atoms with Crippen molar-refractivity contribution in [2.24, 2.45) is 4.99 Å². The molecule has 1 N–H and O–H groups in total. The van der Waals surface area contributed by atoms with Crippen LogP contribution in [0.5, 0.6) is 5.75 Å². The van der Waals surface area contributed by atoms with Crippen LogP contribution in [0.2, 0.25) is 0 Å². The monoisotopic (exact) mass is 366 g/mol. The Labute approximate surface area is 151 Å². The Balaban J connectivity index is 2.25. The first kappa shape index (κ1) is 19.2. The molecule has 0 saturated carbocycles. The Bertz CT molecular complexity index is 866. The van der Waals surface area contributed by atoms with E-state index >= 15 is 0 Å². The standard InChI is InChI=1S/C19H21ClF2N2O/c1-5-6-7-11(2)8-17(20)24-13(4)25-16-10-15(21)19-14(18(16)22)9-12(3)23-19/h7-10,23H,5-6H2,1-4H3/b11-7+,17-8-,24-13+. The summed E-state index contributed by atoms with van der Waals surface area (Å²) in [6.07, 6.45) is 5.73. The average molecular weight is 367 g/mol. The second-order valence-electron chi connectivity index (χ2n) is 5.85. The minimum Gasteiger partial charge on any atom is -0.440 e. The van der Waals surface area contributed by atoms with E-state index in [1.54, 1.807) is 13.0 Å². The third kappa shape index (κ3) is 4.92. The van der Waals surface area contributed by atoms with Gasteiger partial charge < -0.3 is 9.72 Å². The number of rotatable bonds is 5. The summed E-state index contributed by atoms with van der Waals surface area (Å²) in [5.41, 5.74) is 1.76. The number of unbranched alkanes of at least 4 members (excludes halogenated alkanes) is 1. The molecule has 1 aromatic heterocycles. The van der Waals surface area contributed by atoms with Gasteiger partial charge in [-0.2, -0.15) is 0 Å². The van der Waals surface area contributed by atoms with Gasteiger partial charge in [0.2, 0.25) is 0 Å². The number of halogens is 3. The lowest BCUT2D eigenvalue weighted by Crippen LogP contribution is -2.05. The van der Waals surface area contributed by atoms with Crippen molar-refractivity contribution in [2.45, 2.75) is 40.5 Å². The molecule has 3 nitrogen and oxygen atoms in total. The highest BCUT2D eigenvalue weighted by molar-refractivity contribution is 6.30. The Morgan fingerprint density at radius 3 is 2.72 bits per heavy atom. The number of hydrogen-bond donors (Lipinski definition) is 1. The third-order valence-corrected chi connectivity index (χ3v) is 3.72. The summed E-state index contributed by atoms with van der Waals surface area (Å²) in [6.45, 7) is 7.26. The Hall–Kier alpha value is -2.14. The molecule has 0 unspecified atom stereocenters. The minimum absolute atomic E-state index is 0.117. The molecule has 0 amide bonds. The number of aromatic amines is 1. The highest BCUT2D eigenvalue weighted by Crippen LogP contribution is 2.29. The highest BCUT2D eigenvalue weighted by atomic mass is 35.5. The van der Waals surface area contributed by atoms with Crippen LogP contribution < -0.4 is 4.74 Å². The van der Waals surface area contributed by atoms with Crippen molar-refractivity contribution in [1.82, 2.24) is 4.98 Å². The van der Waals surface area contributed by atoms with E-state index in [1.165, 1.54) is 13.0 Å². The first-order chi connectivity index (χ1) is 11.8. The first-order valence-electron chi connectivity index (χ1n) is 8.06. The van der Waals surface area contributed by atoms with Gasteiger partial charge in [-0.25, -0.2) is 13.8 Å². The van der Waals surface area contributed by atoms with Crippen LogP contribution in [0.3, 0.4) is 0 Å². The molecule has 6 heteroatoms. The van der Waals surface area contributed by atoms with Gasteiger partial charge in [0.15, 0.2) is 23.3 Å². The quantitative estimate of drug-likeness (QED) is 0.283. The zero-order valence-corrected chi connectivity index (χ0v) is 15.5. The van der Waals surface area contributed by atoms with Gasteiger partial charge in [0.25, 0.3) is 0 Å². The fourth-order valence-electron chi connectivity index (χ4n) is 2.39. The van der Waals surface area contributed by atoms with E-state index in [9.17, 15) is 8.78 Å². The fourth-order valence-corrected chi connectivity index (χ4v) is 2.68. The van der Waals surface area contributed by atoms with Gasteiger partial charge in [-0.1, -0.05) is 36.6 Å². The summed E-state index contributed by atoms with van der Waals surface area (Å²) < 4.78 is 33.9. The average Bonchev–Trinajstić information content (AvgIpc) is 2.92. The van der Waals surface area contributed by atoms with Gasteiger partial charge in [0.05, 0.1) is 5.52 Å². The van der Waals surface area contributed by atoms with Crippen molar-refractivity contribution in [1.29, 1.82) is 0 Å². The lowest BCUT2D eigenvalue weighted by molar-refractivity contribution is 0.486. The van der Waals surface area contributed by atoms with Crippen LogP contribution in [-0.2, 0) is 0 Å². The molecule has 0 radical (unpaired) electrons. The Morgan fingerprint density at radius 2 is 2.04 bits per heavy atom. The molecular formula is C19H21ClF2N2O. The number of aryl methyl sites for hydroxylation is 1. The molecule has 0 saturated heterocycles. The molecule has 0 aliphatic rings. The molecule has 2 rings (SSSR count). The van der Waals surface area contributed by atoms with Crippen molar-refractivity contribution < 1.29 is 13.5 Å². The predicted octanol–water partition coefficient (Wildman–Crippen LogP) is 6.38. The molecule has 0 fully saturated rings. The number of allylic oxidation sites excluding steroid dienone is 3. The second-order valence-corrected chi connectivity index (χ2v) is 6.24. The molecule has 0 aliphatic carbocycles. The molecule has 0 spiro atoms. The lowest BCUT2D eigenvalue weighted by Gasteiger charge is -2.07. The maximum atomic E-state index is 14.5. The van der Waals surface area contributed by atoms with Gasteiger partial charge in [-0.05, 0) is 32.4 Å². The summed E-state index contributed by atoms with van der Waals surface area (Å²) in [4.78, 5) is 6.84. The van der Waals surface area contributed by atoms with Crippen LogP contribution >= 0.6 is 11.6 Å². The SMILES string of the molecule is CCC/C=C(C)/C=C(Cl)\N=C(/C)Oc1cc(F)c2[nH]c(C)cc2c1F. The maximum absolute atomic E-state index is 14.5. The summed E-state index contributed by atoms with van der Waals surface area (Å²) in [5, 5.41) is 0.349. The molecule has 0 atom stereocenters. The number of aliphatic imine (C=N–C) groups is 1. The van der Waals surface area contributed by atoms with Crippen LogP contribution in [0.15, 0.2) is 40.0 Å². The van der Waals surface area contributed by atoms with E-state index in [-0.39, 0.29) is 27.7 Å². The van der Waals surface area contributed by atoms with Crippen LogP contribution in [0.1, 0.15) is 39.3 Å². The Morgan fingerprint density at radius 1 is 1.32 bits per heavy atom.